The number of amides is 2. The number of hydrogen-bond acceptors (Lipinski definition) is 2. The molecule has 0 atom stereocenters. The van der Waals surface area contributed by atoms with E-state index < -0.39 is 0 Å². The summed E-state index contributed by atoms with van der Waals surface area (Å²) in [6.07, 6.45) is 7.09. The minimum atomic E-state index is -0.144. The Kier molecular flexibility index (Phi) is 3.17. The van der Waals surface area contributed by atoms with Crippen LogP contribution in [0.5, 0.6) is 0 Å². The molecule has 0 saturated heterocycles. The minimum absolute atomic E-state index is 0.144. The standard InChI is InChI=1S/C11H15N3O/c15-11(13-7-9-3-1-4-9)14-10-5-2-6-12-8-10/h2,5-6,8-9H,1,3-4,7H2,(H2,13,14,15). The van der Waals surface area contributed by atoms with Gasteiger partial charge in [0.1, 0.15) is 0 Å². The van der Waals surface area contributed by atoms with Gasteiger partial charge in [-0.1, -0.05) is 6.42 Å². The highest BCUT2D eigenvalue weighted by molar-refractivity contribution is 5.88. The van der Waals surface area contributed by atoms with Gasteiger partial charge in [-0.3, -0.25) is 4.98 Å². The van der Waals surface area contributed by atoms with E-state index in [1.807, 2.05) is 6.07 Å². The zero-order valence-corrected chi connectivity index (χ0v) is 8.57. The number of carbonyl (C=O) groups excluding carboxylic acids is 1. The van der Waals surface area contributed by atoms with Gasteiger partial charge >= 0.3 is 6.03 Å². The molecule has 2 N–H and O–H groups in total. The Labute approximate surface area is 89.1 Å². The molecule has 0 unspecified atom stereocenters. The van der Waals surface area contributed by atoms with Crippen LogP contribution in [-0.2, 0) is 0 Å². The number of anilines is 1. The molecule has 0 aromatic carbocycles. The molecule has 4 nitrogen and oxygen atoms in total. The molecule has 0 bridgehead atoms. The topological polar surface area (TPSA) is 54.0 Å². The molecule has 0 spiro atoms. The first kappa shape index (κ1) is 9.96. The molecule has 15 heavy (non-hydrogen) atoms. The number of rotatable bonds is 3. The summed E-state index contributed by atoms with van der Waals surface area (Å²) in [5.74, 6) is 0.685. The van der Waals surface area contributed by atoms with Crippen LogP contribution in [0.4, 0.5) is 10.5 Å². The maximum Gasteiger partial charge on any atom is 0.319 e. The van der Waals surface area contributed by atoms with Crippen LogP contribution < -0.4 is 10.6 Å². The maximum absolute atomic E-state index is 11.4. The molecule has 1 aliphatic rings. The van der Waals surface area contributed by atoms with Crippen LogP contribution in [0.2, 0.25) is 0 Å². The van der Waals surface area contributed by atoms with Gasteiger partial charge in [0.2, 0.25) is 0 Å². The molecule has 1 aromatic heterocycles. The molecule has 80 valence electrons. The Morgan fingerprint density at radius 3 is 3.00 bits per heavy atom. The normalized spacial score (nSPS) is 15.5. The predicted octanol–water partition coefficient (Wildman–Crippen LogP) is 2.00. The molecule has 2 rings (SSSR count). The van der Waals surface area contributed by atoms with E-state index in [2.05, 4.69) is 15.6 Å². The Morgan fingerprint density at radius 1 is 1.53 bits per heavy atom. The molecule has 4 heteroatoms. The van der Waals surface area contributed by atoms with Crippen LogP contribution in [0.15, 0.2) is 24.5 Å². The van der Waals surface area contributed by atoms with E-state index in [1.54, 1.807) is 18.5 Å². The number of aromatic nitrogens is 1. The zero-order chi connectivity index (χ0) is 10.5. The second-order valence-electron chi connectivity index (χ2n) is 3.87. The number of pyridine rings is 1. The van der Waals surface area contributed by atoms with Crippen LogP contribution in [-0.4, -0.2) is 17.6 Å². The summed E-state index contributed by atoms with van der Waals surface area (Å²) in [7, 11) is 0. The molecular weight excluding hydrogens is 190 g/mol. The van der Waals surface area contributed by atoms with Crippen molar-refractivity contribution in [3.63, 3.8) is 0 Å². The SMILES string of the molecule is O=C(NCC1CCC1)Nc1cccnc1. The molecule has 0 aliphatic heterocycles. The van der Waals surface area contributed by atoms with Crippen molar-refractivity contribution in [3.8, 4) is 0 Å². The van der Waals surface area contributed by atoms with Gasteiger partial charge in [0.25, 0.3) is 0 Å². The smallest absolute Gasteiger partial charge is 0.319 e. The van der Waals surface area contributed by atoms with E-state index in [0.717, 1.165) is 12.2 Å². The molecule has 1 heterocycles. The fourth-order valence-electron chi connectivity index (χ4n) is 1.55. The highest BCUT2D eigenvalue weighted by Crippen LogP contribution is 2.25. The number of hydrogen-bond donors (Lipinski definition) is 2. The van der Waals surface area contributed by atoms with Gasteiger partial charge in [0, 0.05) is 12.7 Å². The molecule has 1 fully saturated rings. The van der Waals surface area contributed by atoms with E-state index >= 15 is 0 Å². The number of urea groups is 1. The van der Waals surface area contributed by atoms with Crippen molar-refractivity contribution in [2.75, 3.05) is 11.9 Å². The number of carbonyl (C=O) groups is 1. The van der Waals surface area contributed by atoms with Gasteiger partial charge in [-0.25, -0.2) is 4.79 Å². The first-order valence-electron chi connectivity index (χ1n) is 5.29. The van der Waals surface area contributed by atoms with Gasteiger partial charge < -0.3 is 10.6 Å². The van der Waals surface area contributed by atoms with Crippen molar-refractivity contribution in [1.29, 1.82) is 0 Å². The van der Waals surface area contributed by atoms with Crippen LogP contribution in [0.1, 0.15) is 19.3 Å². The first-order valence-corrected chi connectivity index (χ1v) is 5.29. The maximum atomic E-state index is 11.4. The summed E-state index contributed by atoms with van der Waals surface area (Å²) in [5.41, 5.74) is 0.726. The van der Waals surface area contributed by atoms with E-state index in [4.69, 9.17) is 0 Å². The molecule has 2 amide bonds. The van der Waals surface area contributed by atoms with Crippen LogP contribution in [0.3, 0.4) is 0 Å². The van der Waals surface area contributed by atoms with Gasteiger partial charge in [0.05, 0.1) is 11.9 Å². The highest BCUT2D eigenvalue weighted by atomic mass is 16.2. The second-order valence-corrected chi connectivity index (χ2v) is 3.87. The van der Waals surface area contributed by atoms with E-state index in [-0.39, 0.29) is 6.03 Å². The summed E-state index contributed by atoms with van der Waals surface area (Å²) in [6.45, 7) is 0.784. The largest absolute Gasteiger partial charge is 0.338 e. The highest BCUT2D eigenvalue weighted by Gasteiger charge is 2.17. The molecular formula is C11H15N3O. The van der Waals surface area contributed by atoms with Crippen LogP contribution in [0, 0.1) is 5.92 Å². The third-order valence-corrected chi connectivity index (χ3v) is 2.70. The summed E-state index contributed by atoms with van der Waals surface area (Å²) < 4.78 is 0. The average molecular weight is 205 g/mol. The van der Waals surface area contributed by atoms with Crippen LogP contribution >= 0.6 is 0 Å². The summed E-state index contributed by atoms with van der Waals surface area (Å²) in [6, 6.07) is 3.46. The lowest BCUT2D eigenvalue weighted by atomic mass is 9.85. The van der Waals surface area contributed by atoms with Gasteiger partial charge in [-0.15, -0.1) is 0 Å². The second kappa shape index (κ2) is 4.77. The first-order chi connectivity index (χ1) is 7.34. The lowest BCUT2D eigenvalue weighted by Gasteiger charge is -2.25. The van der Waals surface area contributed by atoms with Gasteiger partial charge in [-0.05, 0) is 30.9 Å². The summed E-state index contributed by atoms with van der Waals surface area (Å²) in [4.78, 5) is 15.3. The lowest BCUT2D eigenvalue weighted by molar-refractivity contribution is 0.243. The van der Waals surface area contributed by atoms with Crippen molar-refractivity contribution in [2.45, 2.75) is 19.3 Å². The fourth-order valence-corrected chi connectivity index (χ4v) is 1.55. The molecule has 1 aliphatic carbocycles. The predicted molar refractivity (Wildman–Crippen MR) is 58.6 cm³/mol. The monoisotopic (exact) mass is 205 g/mol. The number of nitrogens with zero attached hydrogens (tertiary/aromatic N) is 1. The van der Waals surface area contributed by atoms with Crippen molar-refractivity contribution in [1.82, 2.24) is 10.3 Å². The van der Waals surface area contributed by atoms with Crippen molar-refractivity contribution in [3.05, 3.63) is 24.5 Å². The van der Waals surface area contributed by atoms with Crippen molar-refractivity contribution >= 4 is 11.7 Å². The Balaban J connectivity index is 1.72. The number of nitrogens with one attached hydrogen (secondary N) is 2. The van der Waals surface area contributed by atoms with Gasteiger partial charge in [0.15, 0.2) is 0 Å². The minimum Gasteiger partial charge on any atom is -0.338 e. The van der Waals surface area contributed by atoms with Gasteiger partial charge in [-0.2, -0.15) is 0 Å². The average Bonchev–Trinajstić information content (AvgIpc) is 2.17. The van der Waals surface area contributed by atoms with E-state index in [0.29, 0.717) is 5.92 Å². The molecule has 0 radical (unpaired) electrons. The summed E-state index contributed by atoms with van der Waals surface area (Å²) >= 11 is 0. The van der Waals surface area contributed by atoms with Crippen molar-refractivity contribution < 1.29 is 4.79 Å². The third kappa shape index (κ3) is 2.94. The molecule has 1 aromatic rings. The zero-order valence-electron chi connectivity index (χ0n) is 8.57. The fraction of sp³-hybridized carbons (Fsp3) is 0.455. The van der Waals surface area contributed by atoms with Crippen LogP contribution in [0.25, 0.3) is 0 Å². The van der Waals surface area contributed by atoms with E-state index in [1.165, 1.54) is 19.3 Å². The quantitative estimate of drug-likeness (QED) is 0.793. The van der Waals surface area contributed by atoms with E-state index in [9.17, 15) is 4.79 Å². The lowest BCUT2D eigenvalue weighted by Crippen LogP contribution is -2.35. The Hall–Kier alpha value is -1.58. The summed E-state index contributed by atoms with van der Waals surface area (Å²) in [5, 5.41) is 5.59. The van der Waals surface area contributed by atoms with Crippen molar-refractivity contribution in [2.24, 2.45) is 5.92 Å². The Bertz CT molecular complexity index is 322. The molecule has 1 saturated carbocycles. The Morgan fingerprint density at radius 2 is 2.40 bits per heavy atom. The third-order valence-electron chi connectivity index (χ3n) is 2.70.